The first-order valence-corrected chi connectivity index (χ1v) is 7.77. The average Bonchev–Trinajstić information content (AvgIpc) is 2.62. The Balaban J connectivity index is 2.26. The van der Waals surface area contributed by atoms with Crippen LogP contribution in [0.25, 0.3) is 22.3 Å². The second kappa shape index (κ2) is 6.91. The van der Waals surface area contributed by atoms with Crippen LogP contribution >= 0.6 is 11.6 Å². The molecule has 0 saturated carbocycles. The third-order valence-corrected chi connectivity index (χ3v) is 4.26. The van der Waals surface area contributed by atoms with Gasteiger partial charge in [-0.1, -0.05) is 60.1 Å². The van der Waals surface area contributed by atoms with Gasteiger partial charge in [-0.3, -0.25) is 10.1 Å². The van der Waals surface area contributed by atoms with Crippen molar-refractivity contribution in [1.29, 1.82) is 0 Å². The molecule has 0 amide bonds. The van der Waals surface area contributed by atoms with Gasteiger partial charge < -0.3 is 4.74 Å². The predicted octanol–water partition coefficient (Wildman–Crippen LogP) is 5.73. The molecule has 0 bridgehead atoms. The molecule has 0 aliphatic rings. The molecule has 126 valence electrons. The van der Waals surface area contributed by atoms with E-state index >= 15 is 0 Å². The Kier molecular flexibility index (Phi) is 4.67. The van der Waals surface area contributed by atoms with E-state index in [1.165, 1.54) is 19.2 Å². The van der Waals surface area contributed by atoms with Gasteiger partial charge in [0.05, 0.1) is 17.1 Å². The van der Waals surface area contributed by atoms with Crippen molar-refractivity contribution >= 4 is 17.3 Å². The second-order valence-electron chi connectivity index (χ2n) is 5.26. The highest BCUT2D eigenvalue weighted by atomic mass is 35.5. The van der Waals surface area contributed by atoms with Gasteiger partial charge in [0.2, 0.25) is 5.82 Å². The van der Waals surface area contributed by atoms with Gasteiger partial charge in [0, 0.05) is 17.2 Å². The first-order valence-electron chi connectivity index (χ1n) is 7.39. The molecule has 0 aromatic heterocycles. The summed E-state index contributed by atoms with van der Waals surface area (Å²) in [6.45, 7) is 0. The minimum absolute atomic E-state index is 0.142. The van der Waals surface area contributed by atoms with Crippen LogP contribution in [0.3, 0.4) is 0 Å². The maximum Gasteiger partial charge on any atom is 0.305 e. The molecule has 3 aromatic carbocycles. The van der Waals surface area contributed by atoms with Crippen molar-refractivity contribution in [1.82, 2.24) is 0 Å². The molecule has 0 fully saturated rings. The highest BCUT2D eigenvalue weighted by Gasteiger charge is 2.21. The number of nitro benzene ring substituents is 1. The molecular weight excluding hydrogens is 345 g/mol. The van der Waals surface area contributed by atoms with Gasteiger partial charge in [-0.15, -0.1) is 0 Å². The Morgan fingerprint density at radius 3 is 2.12 bits per heavy atom. The zero-order valence-electron chi connectivity index (χ0n) is 13.2. The summed E-state index contributed by atoms with van der Waals surface area (Å²) in [6.07, 6.45) is 0. The van der Waals surface area contributed by atoms with Crippen molar-refractivity contribution < 1.29 is 14.1 Å². The van der Waals surface area contributed by atoms with E-state index in [1.807, 2.05) is 0 Å². The minimum Gasteiger partial charge on any atom is -0.495 e. The van der Waals surface area contributed by atoms with E-state index in [0.717, 1.165) is 6.07 Å². The molecule has 3 aromatic rings. The van der Waals surface area contributed by atoms with Crippen LogP contribution in [0.2, 0.25) is 5.02 Å². The predicted molar refractivity (Wildman–Crippen MR) is 95.5 cm³/mol. The summed E-state index contributed by atoms with van der Waals surface area (Å²) in [5.41, 5.74) is 1.40. The number of nitrogens with zero attached hydrogens (tertiary/aromatic N) is 1. The largest absolute Gasteiger partial charge is 0.495 e. The first kappa shape index (κ1) is 16.9. The highest BCUT2D eigenvalue weighted by molar-refractivity contribution is 6.35. The quantitative estimate of drug-likeness (QED) is 0.442. The summed E-state index contributed by atoms with van der Waals surface area (Å²) in [5, 5.41) is 11.4. The summed E-state index contributed by atoms with van der Waals surface area (Å²) in [7, 11) is 1.51. The fourth-order valence-electron chi connectivity index (χ4n) is 2.70. The van der Waals surface area contributed by atoms with Crippen molar-refractivity contribution in [3.05, 3.63) is 81.6 Å². The van der Waals surface area contributed by atoms with E-state index in [2.05, 4.69) is 0 Å². The van der Waals surface area contributed by atoms with Gasteiger partial charge in [-0.05, 0) is 17.2 Å². The van der Waals surface area contributed by atoms with Crippen LogP contribution in [0.4, 0.5) is 10.1 Å². The summed E-state index contributed by atoms with van der Waals surface area (Å²) >= 11 is 6.40. The van der Waals surface area contributed by atoms with Crippen molar-refractivity contribution in [2.24, 2.45) is 0 Å². The van der Waals surface area contributed by atoms with Crippen LogP contribution in [-0.4, -0.2) is 12.0 Å². The first-order chi connectivity index (χ1) is 12.0. The molecular formula is C19H13ClFNO3. The highest BCUT2D eigenvalue weighted by Crippen LogP contribution is 2.41. The van der Waals surface area contributed by atoms with E-state index in [-0.39, 0.29) is 5.56 Å². The number of rotatable bonds is 4. The fourth-order valence-corrected chi connectivity index (χ4v) is 3.00. The molecule has 0 spiro atoms. The van der Waals surface area contributed by atoms with E-state index < -0.39 is 16.4 Å². The number of hydrogen-bond donors (Lipinski definition) is 0. The fraction of sp³-hybridized carbons (Fsp3) is 0.0526. The summed E-state index contributed by atoms with van der Waals surface area (Å²) in [4.78, 5) is 10.3. The smallest absolute Gasteiger partial charge is 0.305 e. The van der Waals surface area contributed by atoms with Crippen LogP contribution < -0.4 is 4.74 Å². The van der Waals surface area contributed by atoms with Gasteiger partial charge in [-0.2, -0.15) is 4.39 Å². The van der Waals surface area contributed by atoms with Crippen molar-refractivity contribution in [2.75, 3.05) is 7.11 Å². The number of methoxy groups -OCH3 is 1. The Bertz CT molecular complexity index is 959. The lowest BCUT2D eigenvalue weighted by Gasteiger charge is -2.14. The van der Waals surface area contributed by atoms with Gasteiger partial charge in [0.1, 0.15) is 5.75 Å². The molecule has 0 N–H and O–H groups in total. The molecule has 0 heterocycles. The maximum atomic E-state index is 14.7. The topological polar surface area (TPSA) is 52.4 Å². The monoisotopic (exact) mass is 357 g/mol. The van der Waals surface area contributed by atoms with Crippen molar-refractivity contribution in [3.63, 3.8) is 0 Å². The average molecular weight is 358 g/mol. The van der Waals surface area contributed by atoms with Crippen molar-refractivity contribution in [3.8, 4) is 28.0 Å². The molecule has 0 atom stereocenters. The molecule has 0 saturated heterocycles. The molecule has 6 heteroatoms. The third kappa shape index (κ3) is 3.06. The number of halogens is 2. The van der Waals surface area contributed by atoms with Crippen molar-refractivity contribution in [2.45, 2.75) is 0 Å². The third-order valence-electron chi connectivity index (χ3n) is 3.87. The maximum absolute atomic E-state index is 14.7. The van der Waals surface area contributed by atoms with E-state index in [4.69, 9.17) is 16.3 Å². The van der Waals surface area contributed by atoms with Gasteiger partial charge in [-0.25, -0.2) is 0 Å². The zero-order valence-corrected chi connectivity index (χ0v) is 14.0. The standard InChI is InChI=1S/C19H13ClFNO3/c1-25-17-11-5-8-14(18(17)20)12-6-2-3-7-13(12)15-9-4-10-16(19(15)21)22(23)24/h2-11H,1H3. The SMILES string of the molecule is COc1cccc(-c2ccccc2-c2cccc([N+](=O)[O-])c2F)c1Cl. The number of ether oxygens (including phenoxy) is 1. The number of hydrogen-bond acceptors (Lipinski definition) is 3. The van der Waals surface area contributed by atoms with E-state index in [9.17, 15) is 14.5 Å². The molecule has 25 heavy (non-hydrogen) atoms. The van der Waals surface area contributed by atoms with E-state index in [1.54, 1.807) is 42.5 Å². The number of benzene rings is 3. The summed E-state index contributed by atoms with van der Waals surface area (Å²) < 4.78 is 19.9. The summed E-state index contributed by atoms with van der Waals surface area (Å²) in [6, 6.07) is 16.4. The molecule has 0 aliphatic carbocycles. The molecule has 0 unspecified atom stereocenters. The molecule has 3 rings (SSSR count). The Morgan fingerprint density at radius 2 is 1.48 bits per heavy atom. The van der Waals surface area contributed by atoms with Crippen LogP contribution in [0.1, 0.15) is 0 Å². The molecule has 0 aliphatic heterocycles. The molecule has 4 nitrogen and oxygen atoms in total. The lowest BCUT2D eigenvalue weighted by Crippen LogP contribution is -1.96. The van der Waals surface area contributed by atoms with Gasteiger partial charge >= 0.3 is 5.69 Å². The minimum atomic E-state index is -0.876. The second-order valence-corrected chi connectivity index (χ2v) is 5.64. The van der Waals surface area contributed by atoms with Gasteiger partial charge in [0.15, 0.2) is 0 Å². The Morgan fingerprint density at radius 1 is 0.920 bits per heavy atom. The van der Waals surface area contributed by atoms with Gasteiger partial charge in [0.25, 0.3) is 0 Å². The Hall–Kier alpha value is -2.92. The normalized spacial score (nSPS) is 10.5. The number of nitro groups is 1. The van der Waals surface area contributed by atoms with Crippen LogP contribution in [0.5, 0.6) is 5.75 Å². The lowest BCUT2D eigenvalue weighted by atomic mass is 9.94. The zero-order chi connectivity index (χ0) is 18.0. The van der Waals surface area contributed by atoms with Crippen LogP contribution in [0, 0.1) is 15.9 Å². The van der Waals surface area contributed by atoms with E-state index in [0.29, 0.717) is 27.5 Å². The Labute approximate surface area is 148 Å². The van der Waals surface area contributed by atoms with Crippen LogP contribution in [0.15, 0.2) is 60.7 Å². The lowest BCUT2D eigenvalue weighted by molar-refractivity contribution is -0.387. The van der Waals surface area contributed by atoms with Crippen LogP contribution in [-0.2, 0) is 0 Å². The molecule has 0 radical (unpaired) electrons. The summed E-state index contributed by atoms with van der Waals surface area (Å²) in [5.74, 6) is -0.382.